The zero-order chi connectivity index (χ0) is 22.8. The lowest BCUT2D eigenvalue weighted by molar-refractivity contribution is -0.131. The number of hydrogen-bond acceptors (Lipinski definition) is 6. The normalized spacial score (nSPS) is 12.7. The number of nitrogens with zero attached hydrogens (tertiary/aromatic N) is 1. The van der Waals surface area contributed by atoms with E-state index in [0.717, 1.165) is 6.08 Å². The lowest BCUT2D eigenvalue weighted by Crippen LogP contribution is -2.28. The fourth-order valence-electron chi connectivity index (χ4n) is 2.82. The first kappa shape index (κ1) is 23.9. The quantitative estimate of drug-likeness (QED) is 0.434. The number of halogens is 1. The van der Waals surface area contributed by atoms with Gasteiger partial charge in [0.15, 0.2) is 6.10 Å². The van der Waals surface area contributed by atoms with Gasteiger partial charge in [0.1, 0.15) is 5.75 Å². The maximum Gasteiger partial charge on any atom is 0.412 e. The molecule has 2 aromatic carbocycles. The summed E-state index contributed by atoms with van der Waals surface area (Å²) in [5.41, 5.74) is 1.21. The first-order valence-corrected chi connectivity index (χ1v) is 10.0. The minimum absolute atomic E-state index is 0.0810. The zero-order valence-electron chi connectivity index (χ0n) is 16.6. The molecule has 0 aliphatic heterocycles. The van der Waals surface area contributed by atoms with Crippen LogP contribution in [-0.2, 0) is 14.3 Å². The van der Waals surface area contributed by atoms with E-state index in [9.17, 15) is 14.7 Å². The Hall–Kier alpha value is -3.35. The summed E-state index contributed by atoms with van der Waals surface area (Å²) < 4.78 is 11.8. The number of carbonyl (C=O) groups is 2. The number of amides is 1. The number of methoxy groups -OCH3 is 1. The Bertz CT molecular complexity index is 984. The average Bonchev–Trinajstić information content (AvgIpc) is 2.74. The predicted molar refractivity (Wildman–Crippen MR) is 117 cm³/mol. The largest absolute Gasteiger partial charge is 0.508 e. The zero-order valence-corrected chi connectivity index (χ0v) is 18.2. The van der Waals surface area contributed by atoms with Crippen LogP contribution >= 0.6 is 15.9 Å². The van der Waals surface area contributed by atoms with Crippen molar-refractivity contribution in [2.24, 2.45) is 0 Å². The summed E-state index contributed by atoms with van der Waals surface area (Å²) >= 11 is 3.34. The molecule has 3 N–H and O–H groups in total. The van der Waals surface area contributed by atoms with E-state index in [1.165, 1.54) is 19.3 Å². The summed E-state index contributed by atoms with van der Waals surface area (Å²) in [5.74, 6) is -1.14. The molecule has 162 valence electrons. The second kappa shape index (κ2) is 11.7. The number of carbonyl (C=O) groups excluding carboxylic acids is 1. The molecule has 2 rings (SSSR count). The molecule has 0 unspecified atom stereocenters. The van der Waals surface area contributed by atoms with Gasteiger partial charge in [-0.25, -0.2) is 9.59 Å². The van der Waals surface area contributed by atoms with E-state index in [1.807, 2.05) is 6.07 Å². The number of hydrogen-bond donors (Lipinski definition) is 3. The number of allylic oxidation sites excluding steroid dienone is 1. The summed E-state index contributed by atoms with van der Waals surface area (Å²) in [7, 11) is 1.44. The van der Waals surface area contributed by atoms with Gasteiger partial charge in [-0.1, -0.05) is 22.0 Å². The average molecular weight is 489 g/mol. The van der Waals surface area contributed by atoms with Crippen LogP contribution in [0.15, 0.2) is 59.1 Å². The summed E-state index contributed by atoms with van der Waals surface area (Å²) in [4.78, 5) is 23.2. The summed E-state index contributed by atoms with van der Waals surface area (Å²) in [6.07, 6.45) is 0.777. The second-order valence-electron chi connectivity index (χ2n) is 6.44. The Morgan fingerprint density at radius 2 is 1.97 bits per heavy atom. The topological polar surface area (TPSA) is 129 Å². The van der Waals surface area contributed by atoms with Crippen molar-refractivity contribution in [1.82, 2.24) is 0 Å². The second-order valence-corrected chi connectivity index (χ2v) is 7.35. The Labute approximate surface area is 187 Å². The number of phenolic OH excluding ortho intramolecular Hbond substituents is 1. The highest BCUT2D eigenvalue weighted by molar-refractivity contribution is 9.10. The van der Waals surface area contributed by atoms with Crippen molar-refractivity contribution in [3.63, 3.8) is 0 Å². The molecule has 0 aliphatic rings. The van der Waals surface area contributed by atoms with Crippen LogP contribution in [-0.4, -0.2) is 35.5 Å². The number of rotatable bonds is 9. The Kier molecular flexibility index (Phi) is 9.06. The van der Waals surface area contributed by atoms with Crippen LogP contribution in [0.2, 0.25) is 0 Å². The van der Waals surface area contributed by atoms with E-state index in [4.69, 9.17) is 19.8 Å². The third-order valence-corrected chi connectivity index (χ3v) is 4.80. The fraction of sp³-hybridized carbons (Fsp3) is 0.227. The van der Waals surface area contributed by atoms with Crippen LogP contribution in [0.4, 0.5) is 10.5 Å². The van der Waals surface area contributed by atoms with Crippen molar-refractivity contribution in [3.8, 4) is 11.8 Å². The lowest BCUT2D eigenvalue weighted by Gasteiger charge is -2.27. The molecular weight excluding hydrogens is 468 g/mol. The predicted octanol–water partition coefficient (Wildman–Crippen LogP) is 4.75. The molecular formula is C22H21BrN2O6. The maximum atomic E-state index is 12.5. The molecule has 0 bridgehead atoms. The number of nitriles is 1. The van der Waals surface area contributed by atoms with Crippen LogP contribution in [0.5, 0.6) is 5.75 Å². The van der Waals surface area contributed by atoms with Crippen molar-refractivity contribution in [1.29, 1.82) is 5.26 Å². The number of aliphatic carboxylic acids is 1. The molecule has 0 spiro atoms. The number of carboxylic acids is 1. The van der Waals surface area contributed by atoms with Gasteiger partial charge >= 0.3 is 12.1 Å². The van der Waals surface area contributed by atoms with E-state index in [2.05, 4.69) is 21.2 Å². The van der Waals surface area contributed by atoms with E-state index >= 15 is 0 Å². The van der Waals surface area contributed by atoms with Gasteiger partial charge < -0.3 is 19.7 Å². The van der Waals surface area contributed by atoms with Crippen LogP contribution in [0.1, 0.15) is 30.1 Å². The van der Waals surface area contributed by atoms with E-state index in [0.29, 0.717) is 34.1 Å². The minimum Gasteiger partial charge on any atom is -0.508 e. The molecule has 2 atom stereocenters. The smallest absolute Gasteiger partial charge is 0.412 e. The standard InChI is InChI=1S/C22H21BrN2O6/c1-30-19(4-2-3-5-20(27)28)21(17-12-15(23)8-11-18(17)26)31-22(29)25-16-9-6-14(13-24)7-10-16/h3,5-12,19,21,26H,2,4H2,1H3,(H,25,29)(H,27,28)/b5-3+/t19-,21-/m1/s1. The number of aromatic hydroxyl groups is 1. The highest BCUT2D eigenvalue weighted by Crippen LogP contribution is 2.35. The minimum atomic E-state index is -1.06. The number of benzene rings is 2. The van der Waals surface area contributed by atoms with Gasteiger partial charge in [0.05, 0.1) is 17.7 Å². The Morgan fingerprint density at radius 1 is 1.26 bits per heavy atom. The van der Waals surface area contributed by atoms with Crippen molar-refractivity contribution >= 4 is 33.7 Å². The first-order valence-electron chi connectivity index (χ1n) is 9.22. The summed E-state index contributed by atoms with van der Waals surface area (Å²) in [5, 5.41) is 30.5. The number of nitrogens with one attached hydrogen (secondary N) is 1. The molecule has 0 saturated heterocycles. The van der Waals surface area contributed by atoms with E-state index in [1.54, 1.807) is 36.4 Å². The van der Waals surface area contributed by atoms with Crippen LogP contribution < -0.4 is 5.32 Å². The van der Waals surface area contributed by atoms with Gasteiger partial charge in [-0.15, -0.1) is 0 Å². The molecule has 31 heavy (non-hydrogen) atoms. The van der Waals surface area contributed by atoms with E-state index in [-0.39, 0.29) is 5.75 Å². The van der Waals surface area contributed by atoms with Gasteiger partial charge in [0, 0.05) is 28.9 Å². The molecule has 8 nitrogen and oxygen atoms in total. The molecule has 1 amide bonds. The maximum absolute atomic E-state index is 12.5. The SMILES string of the molecule is CO[C@H](CC/C=C/C(=O)O)[C@H](OC(=O)Nc1ccc(C#N)cc1)c1cc(Br)ccc1O. The van der Waals surface area contributed by atoms with Crippen LogP contribution in [0, 0.1) is 11.3 Å². The third kappa shape index (κ3) is 7.44. The highest BCUT2D eigenvalue weighted by atomic mass is 79.9. The molecule has 0 radical (unpaired) electrons. The monoisotopic (exact) mass is 488 g/mol. The summed E-state index contributed by atoms with van der Waals surface area (Å²) in [6, 6.07) is 13.0. The van der Waals surface area contributed by atoms with Gasteiger partial charge in [0.25, 0.3) is 0 Å². The van der Waals surface area contributed by atoms with Gasteiger partial charge in [-0.2, -0.15) is 5.26 Å². The van der Waals surface area contributed by atoms with Crippen molar-refractivity contribution in [2.45, 2.75) is 25.0 Å². The first-order chi connectivity index (χ1) is 14.8. The molecule has 0 aliphatic carbocycles. The van der Waals surface area contributed by atoms with Crippen molar-refractivity contribution in [3.05, 3.63) is 70.2 Å². The number of anilines is 1. The number of carboxylic acid groups (broad SMARTS) is 1. The fourth-order valence-corrected chi connectivity index (χ4v) is 3.20. The molecule has 0 heterocycles. The highest BCUT2D eigenvalue weighted by Gasteiger charge is 2.29. The number of ether oxygens (including phenoxy) is 2. The number of phenols is 1. The summed E-state index contributed by atoms with van der Waals surface area (Å²) in [6.45, 7) is 0. The van der Waals surface area contributed by atoms with Crippen molar-refractivity contribution in [2.75, 3.05) is 12.4 Å². The van der Waals surface area contributed by atoms with Crippen LogP contribution in [0.3, 0.4) is 0 Å². The molecule has 0 saturated carbocycles. The lowest BCUT2D eigenvalue weighted by atomic mass is 9.99. The Morgan fingerprint density at radius 3 is 2.58 bits per heavy atom. The molecule has 0 fully saturated rings. The molecule has 9 heteroatoms. The van der Waals surface area contributed by atoms with Crippen LogP contribution in [0.25, 0.3) is 0 Å². The van der Waals surface area contributed by atoms with Gasteiger partial charge in [0.2, 0.25) is 0 Å². The van der Waals surface area contributed by atoms with Gasteiger partial charge in [-0.3, -0.25) is 5.32 Å². The van der Waals surface area contributed by atoms with Gasteiger partial charge in [-0.05, 0) is 55.3 Å². The third-order valence-electron chi connectivity index (χ3n) is 4.31. The van der Waals surface area contributed by atoms with Crippen molar-refractivity contribution < 1.29 is 29.3 Å². The molecule has 2 aromatic rings. The Balaban J connectivity index is 2.23. The molecule has 0 aromatic heterocycles. The van der Waals surface area contributed by atoms with E-state index < -0.39 is 24.3 Å².